The fourth-order valence-corrected chi connectivity index (χ4v) is 2.62. The Hall–Kier alpha value is -3.81. The Balaban J connectivity index is 1.74. The van der Waals surface area contributed by atoms with E-state index in [1.165, 1.54) is 7.11 Å². The molecule has 0 bridgehead atoms. The van der Waals surface area contributed by atoms with Gasteiger partial charge >= 0.3 is 6.09 Å². The molecule has 1 aromatic heterocycles. The van der Waals surface area contributed by atoms with E-state index < -0.39 is 17.6 Å². The number of hydrogen-bond donors (Lipinski definition) is 2. The highest BCUT2D eigenvalue weighted by Gasteiger charge is 2.19. The predicted octanol–water partition coefficient (Wildman–Crippen LogP) is 4.95. The highest BCUT2D eigenvalue weighted by molar-refractivity contribution is 6.03. The number of rotatable bonds is 5. The summed E-state index contributed by atoms with van der Waals surface area (Å²) in [7, 11) is 1.48. The van der Waals surface area contributed by atoms with Gasteiger partial charge in [0.05, 0.1) is 12.8 Å². The number of benzene rings is 2. The molecule has 3 rings (SSSR count). The van der Waals surface area contributed by atoms with Gasteiger partial charge in [-0.05, 0) is 39.0 Å². The van der Waals surface area contributed by atoms with E-state index in [0.717, 1.165) is 5.56 Å². The molecule has 0 radical (unpaired) electrons. The van der Waals surface area contributed by atoms with Gasteiger partial charge in [-0.25, -0.2) is 4.79 Å². The summed E-state index contributed by atoms with van der Waals surface area (Å²) in [5.74, 6) is 0.00859. The van der Waals surface area contributed by atoms with Gasteiger partial charge in [-0.3, -0.25) is 10.1 Å². The van der Waals surface area contributed by atoms with Crippen LogP contribution in [0.3, 0.4) is 0 Å². The molecule has 2 N–H and O–H groups in total. The summed E-state index contributed by atoms with van der Waals surface area (Å²) >= 11 is 0. The molecule has 0 unspecified atom stereocenters. The van der Waals surface area contributed by atoms with Gasteiger partial charge in [0.2, 0.25) is 5.76 Å². The van der Waals surface area contributed by atoms with E-state index in [2.05, 4.69) is 15.8 Å². The topological polar surface area (TPSA) is 103 Å². The van der Waals surface area contributed by atoms with Crippen LogP contribution in [0.25, 0.3) is 11.3 Å². The van der Waals surface area contributed by atoms with Gasteiger partial charge in [-0.1, -0.05) is 35.5 Å². The first-order valence-electron chi connectivity index (χ1n) is 9.27. The fourth-order valence-electron chi connectivity index (χ4n) is 2.62. The number of carbonyl (C=O) groups excluding carboxylic acids is 2. The van der Waals surface area contributed by atoms with Gasteiger partial charge in [0.1, 0.15) is 17.0 Å². The third kappa shape index (κ3) is 5.38. The van der Waals surface area contributed by atoms with Crippen molar-refractivity contribution in [2.24, 2.45) is 0 Å². The molecular weight excluding hydrogens is 386 g/mol. The maximum atomic E-state index is 12.5. The lowest BCUT2D eigenvalue weighted by molar-refractivity contribution is 0.0635. The molecule has 0 aliphatic heterocycles. The van der Waals surface area contributed by atoms with E-state index in [9.17, 15) is 9.59 Å². The summed E-state index contributed by atoms with van der Waals surface area (Å²) in [6.07, 6.45) is -0.632. The van der Waals surface area contributed by atoms with Crippen LogP contribution in [0.4, 0.5) is 16.2 Å². The number of carbonyl (C=O) groups is 2. The van der Waals surface area contributed by atoms with Crippen molar-refractivity contribution in [3.63, 3.8) is 0 Å². The van der Waals surface area contributed by atoms with Crippen LogP contribution >= 0.6 is 0 Å². The van der Waals surface area contributed by atoms with Crippen LogP contribution in [-0.4, -0.2) is 29.9 Å². The smallest absolute Gasteiger partial charge is 0.412 e. The molecule has 156 valence electrons. The summed E-state index contributed by atoms with van der Waals surface area (Å²) in [5.41, 5.74) is 1.54. The second-order valence-corrected chi connectivity index (χ2v) is 7.44. The molecule has 0 spiro atoms. The quantitative estimate of drug-likeness (QED) is 0.618. The number of hydrogen-bond acceptors (Lipinski definition) is 6. The average Bonchev–Trinajstić information content (AvgIpc) is 3.18. The molecule has 3 aromatic rings. The van der Waals surface area contributed by atoms with Gasteiger partial charge < -0.3 is 19.3 Å². The second-order valence-electron chi connectivity index (χ2n) is 7.44. The van der Waals surface area contributed by atoms with Crippen molar-refractivity contribution in [3.05, 3.63) is 60.4 Å². The number of amides is 2. The van der Waals surface area contributed by atoms with Crippen molar-refractivity contribution < 1.29 is 23.6 Å². The predicted molar refractivity (Wildman–Crippen MR) is 113 cm³/mol. The van der Waals surface area contributed by atoms with E-state index >= 15 is 0 Å². The van der Waals surface area contributed by atoms with Gasteiger partial charge in [0.25, 0.3) is 5.91 Å². The van der Waals surface area contributed by atoms with Crippen molar-refractivity contribution in [1.29, 1.82) is 0 Å². The van der Waals surface area contributed by atoms with E-state index in [0.29, 0.717) is 22.8 Å². The minimum Gasteiger partial charge on any atom is -0.495 e. The lowest BCUT2D eigenvalue weighted by Crippen LogP contribution is -2.27. The molecule has 0 saturated heterocycles. The van der Waals surface area contributed by atoms with Crippen molar-refractivity contribution in [3.8, 4) is 17.0 Å². The van der Waals surface area contributed by atoms with Crippen molar-refractivity contribution in [2.75, 3.05) is 17.7 Å². The van der Waals surface area contributed by atoms with E-state index in [1.54, 1.807) is 45.0 Å². The third-order valence-corrected chi connectivity index (χ3v) is 3.90. The average molecular weight is 409 g/mol. The van der Waals surface area contributed by atoms with E-state index in [1.807, 2.05) is 30.3 Å². The molecule has 2 aromatic carbocycles. The molecule has 0 fully saturated rings. The first-order chi connectivity index (χ1) is 14.2. The molecule has 8 nitrogen and oxygen atoms in total. The van der Waals surface area contributed by atoms with Crippen LogP contribution in [0.1, 0.15) is 31.3 Å². The number of nitrogens with zero attached hydrogens (tertiary/aromatic N) is 1. The van der Waals surface area contributed by atoms with Crippen LogP contribution in [-0.2, 0) is 4.74 Å². The Morgan fingerprint density at radius 2 is 1.73 bits per heavy atom. The largest absolute Gasteiger partial charge is 0.495 e. The normalized spacial score (nSPS) is 10.9. The van der Waals surface area contributed by atoms with Crippen LogP contribution in [0, 0.1) is 0 Å². The summed E-state index contributed by atoms with van der Waals surface area (Å²) in [5, 5.41) is 9.28. The Bertz CT molecular complexity index is 1040. The first-order valence-corrected chi connectivity index (χ1v) is 9.27. The number of methoxy groups -OCH3 is 1. The molecular formula is C22H23N3O5. The SMILES string of the molecule is COc1ccc(NC(=O)c2cc(-c3ccccc3)no2)cc1NC(=O)OC(C)(C)C. The molecule has 2 amide bonds. The summed E-state index contributed by atoms with van der Waals surface area (Å²) in [4.78, 5) is 24.6. The second kappa shape index (κ2) is 8.69. The van der Waals surface area contributed by atoms with E-state index in [-0.39, 0.29) is 5.76 Å². The zero-order chi connectivity index (χ0) is 21.7. The minimum absolute atomic E-state index is 0.0614. The van der Waals surface area contributed by atoms with Crippen molar-refractivity contribution in [2.45, 2.75) is 26.4 Å². The Morgan fingerprint density at radius 3 is 2.40 bits per heavy atom. The maximum Gasteiger partial charge on any atom is 0.412 e. The molecule has 30 heavy (non-hydrogen) atoms. The van der Waals surface area contributed by atoms with Gasteiger partial charge in [-0.15, -0.1) is 0 Å². The van der Waals surface area contributed by atoms with Crippen LogP contribution < -0.4 is 15.4 Å². The summed E-state index contributed by atoms with van der Waals surface area (Å²) in [6.45, 7) is 5.30. The number of ether oxygens (including phenoxy) is 2. The number of anilines is 2. The van der Waals surface area contributed by atoms with Crippen LogP contribution in [0.15, 0.2) is 59.1 Å². The van der Waals surface area contributed by atoms with Gasteiger partial charge in [-0.2, -0.15) is 0 Å². The van der Waals surface area contributed by atoms with Crippen molar-refractivity contribution in [1.82, 2.24) is 5.16 Å². The third-order valence-electron chi connectivity index (χ3n) is 3.90. The first kappa shape index (κ1) is 20.9. The summed E-state index contributed by atoms with van der Waals surface area (Å²) in [6, 6.07) is 15.8. The van der Waals surface area contributed by atoms with Crippen LogP contribution in [0.2, 0.25) is 0 Å². The molecule has 1 heterocycles. The lowest BCUT2D eigenvalue weighted by Gasteiger charge is -2.20. The zero-order valence-corrected chi connectivity index (χ0v) is 17.2. The highest BCUT2D eigenvalue weighted by atomic mass is 16.6. The zero-order valence-electron chi connectivity index (χ0n) is 17.2. The van der Waals surface area contributed by atoms with Crippen LogP contribution in [0.5, 0.6) is 5.75 Å². The van der Waals surface area contributed by atoms with Crippen molar-refractivity contribution >= 4 is 23.4 Å². The fraction of sp³-hybridized carbons (Fsp3) is 0.227. The number of nitrogens with one attached hydrogen (secondary N) is 2. The minimum atomic E-state index is -0.647. The van der Waals surface area contributed by atoms with E-state index in [4.69, 9.17) is 14.0 Å². The molecule has 0 aliphatic carbocycles. The summed E-state index contributed by atoms with van der Waals surface area (Å²) < 4.78 is 15.7. The monoisotopic (exact) mass is 409 g/mol. The Kier molecular flexibility index (Phi) is 6.06. The lowest BCUT2D eigenvalue weighted by atomic mass is 10.1. The Labute approximate surface area is 174 Å². The van der Waals surface area contributed by atoms with Gasteiger partial charge in [0, 0.05) is 17.3 Å². The molecule has 0 saturated carbocycles. The molecule has 0 aliphatic rings. The molecule has 0 atom stereocenters. The number of aromatic nitrogens is 1. The molecule has 8 heteroatoms. The maximum absolute atomic E-state index is 12.5. The standard InChI is InChI=1S/C22H23N3O5/c1-22(2,3)29-21(27)24-17-12-15(10-11-18(17)28-4)23-20(26)19-13-16(25-30-19)14-8-6-5-7-9-14/h5-13H,1-4H3,(H,23,26)(H,24,27). The Morgan fingerprint density at radius 1 is 1.00 bits per heavy atom. The highest BCUT2D eigenvalue weighted by Crippen LogP contribution is 2.29. The van der Waals surface area contributed by atoms with Gasteiger partial charge in [0.15, 0.2) is 0 Å².